The third-order valence-electron chi connectivity index (χ3n) is 4.85. The Morgan fingerprint density at radius 3 is 2.61 bits per heavy atom. The molecule has 0 radical (unpaired) electrons. The fourth-order valence-electron chi connectivity index (χ4n) is 3.33. The molecule has 1 aliphatic carbocycles. The van der Waals surface area contributed by atoms with Crippen molar-refractivity contribution in [3.8, 4) is 0 Å². The topological polar surface area (TPSA) is 54.0 Å². The summed E-state index contributed by atoms with van der Waals surface area (Å²) in [6.07, 6.45) is 7.39. The van der Waals surface area contributed by atoms with Crippen LogP contribution in [-0.2, 0) is 10.3 Å². The van der Waals surface area contributed by atoms with Crippen LogP contribution in [0.2, 0.25) is 0 Å². The summed E-state index contributed by atoms with van der Waals surface area (Å²) in [5, 5.41) is 9.85. The van der Waals surface area contributed by atoms with E-state index in [1.807, 2.05) is 6.92 Å². The van der Waals surface area contributed by atoms with Crippen molar-refractivity contribution >= 4 is 42.1 Å². The summed E-state index contributed by atoms with van der Waals surface area (Å²) in [5.74, 6) is 0.928. The number of thiazole rings is 1. The standard InChI is InChI=1S/C16H25N3OS.2ClH/c1-12-11-21-15(18-12)16(7-2-8-16)19-14(20)4-3-13-5-9-17-10-6-13;;/h11,13,17H,2-10H2,1H3,(H,19,20);2*1H. The van der Waals surface area contributed by atoms with Gasteiger partial charge >= 0.3 is 0 Å². The van der Waals surface area contributed by atoms with Gasteiger partial charge in [0, 0.05) is 17.5 Å². The summed E-state index contributed by atoms with van der Waals surface area (Å²) < 4.78 is 0. The Morgan fingerprint density at radius 2 is 2.09 bits per heavy atom. The largest absolute Gasteiger partial charge is 0.344 e. The number of nitrogens with one attached hydrogen (secondary N) is 2. The number of hydrogen-bond donors (Lipinski definition) is 2. The number of piperidine rings is 1. The van der Waals surface area contributed by atoms with Crippen LogP contribution in [-0.4, -0.2) is 24.0 Å². The normalized spacial score (nSPS) is 19.9. The number of aromatic nitrogens is 1. The van der Waals surface area contributed by atoms with Crippen molar-refractivity contribution < 1.29 is 4.79 Å². The number of amides is 1. The van der Waals surface area contributed by atoms with Gasteiger partial charge < -0.3 is 10.6 Å². The van der Waals surface area contributed by atoms with Gasteiger partial charge in [-0.05, 0) is 64.5 Å². The lowest BCUT2D eigenvalue weighted by Crippen LogP contribution is -2.50. The van der Waals surface area contributed by atoms with Crippen molar-refractivity contribution in [3.05, 3.63) is 16.1 Å². The third kappa shape index (κ3) is 5.05. The van der Waals surface area contributed by atoms with E-state index in [1.165, 1.54) is 19.3 Å². The lowest BCUT2D eigenvalue weighted by molar-refractivity contribution is -0.124. The molecule has 132 valence electrons. The molecule has 4 nitrogen and oxygen atoms in total. The van der Waals surface area contributed by atoms with Crippen molar-refractivity contribution in [2.24, 2.45) is 5.92 Å². The monoisotopic (exact) mass is 379 g/mol. The first-order chi connectivity index (χ1) is 10.2. The predicted octanol–water partition coefficient (Wildman–Crippen LogP) is 3.57. The van der Waals surface area contributed by atoms with Crippen molar-refractivity contribution in [3.63, 3.8) is 0 Å². The molecule has 1 saturated heterocycles. The van der Waals surface area contributed by atoms with Gasteiger partial charge in [0.25, 0.3) is 0 Å². The number of halogens is 2. The van der Waals surface area contributed by atoms with Gasteiger partial charge in [-0.2, -0.15) is 0 Å². The van der Waals surface area contributed by atoms with Crippen LogP contribution >= 0.6 is 36.2 Å². The molecule has 0 atom stereocenters. The lowest BCUT2D eigenvalue weighted by atomic mass is 9.77. The average Bonchev–Trinajstić information content (AvgIpc) is 2.88. The van der Waals surface area contributed by atoms with E-state index in [1.54, 1.807) is 11.3 Å². The van der Waals surface area contributed by atoms with Crippen molar-refractivity contribution in [1.29, 1.82) is 0 Å². The van der Waals surface area contributed by atoms with Crippen molar-refractivity contribution in [2.45, 2.75) is 57.4 Å². The third-order valence-corrected chi connectivity index (χ3v) is 6.02. The first-order valence-electron chi connectivity index (χ1n) is 8.12. The second-order valence-electron chi connectivity index (χ2n) is 6.51. The van der Waals surface area contributed by atoms with Crippen molar-refractivity contribution in [1.82, 2.24) is 15.6 Å². The minimum atomic E-state index is -0.149. The second kappa shape index (κ2) is 9.21. The maximum Gasteiger partial charge on any atom is 0.220 e. The molecular formula is C16H27Cl2N3OS. The Balaban J connectivity index is 0.00000132. The molecule has 1 amide bonds. The number of rotatable bonds is 5. The Labute approximate surface area is 155 Å². The van der Waals surface area contributed by atoms with Gasteiger partial charge in [-0.25, -0.2) is 4.98 Å². The maximum absolute atomic E-state index is 12.3. The van der Waals surface area contributed by atoms with E-state index in [4.69, 9.17) is 0 Å². The summed E-state index contributed by atoms with van der Waals surface area (Å²) in [4.78, 5) is 16.9. The fraction of sp³-hybridized carbons (Fsp3) is 0.750. The lowest BCUT2D eigenvalue weighted by Gasteiger charge is -2.41. The highest BCUT2D eigenvalue weighted by Crippen LogP contribution is 2.42. The van der Waals surface area contributed by atoms with Gasteiger partial charge in [0.05, 0.1) is 5.54 Å². The van der Waals surface area contributed by atoms with Crippen LogP contribution in [0.4, 0.5) is 0 Å². The molecule has 2 N–H and O–H groups in total. The van der Waals surface area contributed by atoms with Gasteiger partial charge in [-0.15, -0.1) is 36.2 Å². The van der Waals surface area contributed by atoms with E-state index in [0.29, 0.717) is 6.42 Å². The number of carbonyl (C=O) groups excluding carboxylic acids is 1. The van der Waals surface area contributed by atoms with Crippen LogP contribution in [0.15, 0.2) is 5.38 Å². The molecule has 1 saturated carbocycles. The highest BCUT2D eigenvalue weighted by molar-refractivity contribution is 7.09. The van der Waals surface area contributed by atoms with Crippen LogP contribution in [0, 0.1) is 12.8 Å². The number of carbonyl (C=O) groups is 1. The van der Waals surface area contributed by atoms with Gasteiger partial charge in [-0.1, -0.05) is 0 Å². The van der Waals surface area contributed by atoms with Crippen LogP contribution in [0.5, 0.6) is 0 Å². The first-order valence-corrected chi connectivity index (χ1v) is 9.00. The van der Waals surface area contributed by atoms with Gasteiger partial charge in [0.1, 0.15) is 5.01 Å². The fourth-order valence-corrected chi connectivity index (χ4v) is 4.34. The quantitative estimate of drug-likeness (QED) is 0.821. The molecular weight excluding hydrogens is 353 g/mol. The molecule has 0 spiro atoms. The van der Waals surface area contributed by atoms with Gasteiger partial charge in [-0.3, -0.25) is 4.79 Å². The summed E-state index contributed by atoms with van der Waals surface area (Å²) in [6.45, 7) is 4.23. The molecule has 0 unspecified atom stereocenters. The summed E-state index contributed by atoms with van der Waals surface area (Å²) in [5.41, 5.74) is 0.912. The Bertz CT molecular complexity index is 499. The zero-order valence-electron chi connectivity index (χ0n) is 13.6. The van der Waals surface area contributed by atoms with Crippen LogP contribution in [0.3, 0.4) is 0 Å². The maximum atomic E-state index is 12.3. The molecule has 23 heavy (non-hydrogen) atoms. The van der Waals surface area contributed by atoms with E-state index in [-0.39, 0.29) is 36.3 Å². The Kier molecular flexibility index (Phi) is 8.28. The van der Waals surface area contributed by atoms with Gasteiger partial charge in [0.2, 0.25) is 5.91 Å². The van der Waals surface area contributed by atoms with Crippen LogP contribution in [0.1, 0.15) is 55.6 Å². The highest BCUT2D eigenvalue weighted by atomic mass is 35.5. The summed E-state index contributed by atoms with van der Waals surface area (Å²) >= 11 is 1.69. The molecule has 1 aliphatic heterocycles. The van der Waals surface area contributed by atoms with E-state index in [9.17, 15) is 4.79 Å². The molecule has 0 bridgehead atoms. The smallest absolute Gasteiger partial charge is 0.220 e. The minimum Gasteiger partial charge on any atom is -0.344 e. The zero-order valence-corrected chi connectivity index (χ0v) is 16.0. The molecule has 3 rings (SSSR count). The number of hydrogen-bond acceptors (Lipinski definition) is 4. The molecule has 2 aliphatic rings. The molecule has 2 fully saturated rings. The zero-order chi connectivity index (χ0) is 14.7. The number of nitrogens with zero attached hydrogens (tertiary/aromatic N) is 1. The molecule has 0 aromatic carbocycles. The second-order valence-corrected chi connectivity index (χ2v) is 7.37. The highest BCUT2D eigenvalue weighted by Gasteiger charge is 2.42. The minimum absolute atomic E-state index is 0. The Hall–Kier alpha value is -0.360. The van der Waals surface area contributed by atoms with E-state index >= 15 is 0 Å². The Morgan fingerprint density at radius 1 is 1.39 bits per heavy atom. The summed E-state index contributed by atoms with van der Waals surface area (Å²) in [7, 11) is 0. The van der Waals surface area contributed by atoms with E-state index < -0.39 is 0 Å². The van der Waals surface area contributed by atoms with Crippen LogP contribution in [0.25, 0.3) is 0 Å². The first kappa shape index (κ1) is 20.7. The van der Waals surface area contributed by atoms with E-state index in [0.717, 1.165) is 49.0 Å². The molecule has 1 aromatic heterocycles. The molecule has 2 heterocycles. The SMILES string of the molecule is Cc1csc(C2(NC(=O)CCC3CCNCC3)CCC2)n1.Cl.Cl. The number of aryl methyl sites for hydroxylation is 1. The van der Waals surface area contributed by atoms with Crippen molar-refractivity contribution in [2.75, 3.05) is 13.1 Å². The van der Waals surface area contributed by atoms with Gasteiger partial charge in [0.15, 0.2) is 0 Å². The predicted molar refractivity (Wildman–Crippen MR) is 99.8 cm³/mol. The average molecular weight is 380 g/mol. The summed E-state index contributed by atoms with van der Waals surface area (Å²) in [6, 6.07) is 0. The van der Waals surface area contributed by atoms with Crippen LogP contribution < -0.4 is 10.6 Å². The van der Waals surface area contributed by atoms with E-state index in [2.05, 4.69) is 21.0 Å². The molecule has 1 aromatic rings. The molecule has 7 heteroatoms.